The lowest BCUT2D eigenvalue weighted by molar-refractivity contribution is 0.400. The normalized spacial score (nSPS) is 16.4. The summed E-state index contributed by atoms with van der Waals surface area (Å²) in [6, 6.07) is 10.8. The van der Waals surface area contributed by atoms with Crippen LogP contribution in [0.25, 0.3) is 0 Å². The van der Waals surface area contributed by atoms with Crippen molar-refractivity contribution in [2.24, 2.45) is 5.92 Å². The molecule has 0 unspecified atom stereocenters. The van der Waals surface area contributed by atoms with Crippen molar-refractivity contribution in [3.05, 3.63) is 51.9 Å². The number of nitrogens with zero attached hydrogens (tertiary/aromatic N) is 3. The molecule has 0 amide bonds. The lowest BCUT2D eigenvalue weighted by Gasteiger charge is -2.32. The molecule has 2 aromatic rings. The molecular formula is C16H18IN3. The first kappa shape index (κ1) is 13.8. The van der Waals surface area contributed by atoms with E-state index in [1.807, 2.05) is 12.4 Å². The Bertz CT molecular complexity index is 533. The van der Waals surface area contributed by atoms with Gasteiger partial charge in [-0.05, 0) is 53.3 Å². The van der Waals surface area contributed by atoms with E-state index in [4.69, 9.17) is 0 Å². The Morgan fingerprint density at radius 2 is 1.70 bits per heavy atom. The molecular weight excluding hydrogens is 361 g/mol. The number of anilines is 1. The number of rotatable bonds is 3. The molecule has 0 radical (unpaired) electrons. The summed E-state index contributed by atoms with van der Waals surface area (Å²) in [7, 11) is 0. The van der Waals surface area contributed by atoms with Gasteiger partial charge in [-0.25, -0.2) is 9.97 Å². The molecule has 0 bridgehead atoms. The van der Waals surface area contributed by atoms with E-state index < -0.39 is 0 Å². The fraction of sp³-hybridized carbons (Fsp3) is 0.375. The summed E-state index contributed by atoms with van der Waals surface area (Å²) >= 11 is 2.24. The molecule has 0 aliphatic carbocycles. The van der Waals surface area contributed by atoms with Crippen LogP contribution in [0.5, 0.6) is 0 Å². The van der Waals surface area contributed by atoms with E-state index in [0.29, 0.717) is 0 Å². The van der Waals surface area contributed by atoms with E-state index >= 15 is 0 Å². The summed E-state index contributed by atoms with van der Waals surface area (Å²) < 4.78 is 1.09. The van der Waals surface area contributed by atoms with Crippen LogP contribution in [0, 0.1) is 9.49 Å². The van der Waals surface area contributed by atoms with Gasteiger partial charge in [0.1, 0.15) is 0 Å². The predicted octanol–water partition coefficient (Wildman–Crippen LogP) is 3.54. The zero-order chi connectivity index (χ0) is 13.8. The second-order valence-corrected chi connectivity index (χ2v) is 6.57. The van der Waals surface area contributed by atoms with Gasteiger partial charge in [-0.3, -0.25) is 0 Å². The molecule has 1 aliphatic heterocycles. The van der Waals surface area contributed by atoms with E-state index in [0.717, 1.165) is 28.5 Å². The van der Waals surface area contributed by atoms with Gasteiger partial charge in [0.15, 0.2) is 0 Å². The molecule has 20 heavy (non-hydrogen) atoms. The molecule has 0 saturated carbocycles. The van der Waals surface area contributed by atoms with Crippen LogP contribution >= 0.6 is 22.6 Å². The van der Waals surface area contributed by atoms with Crippen LogP contribution in [0.15, 0.2) is 42.7 Å². The minimum atomic E-state index is 0.789. The van der Waals surface area contributed by atoms with Crippen molar-refractivity contribution in [2.45, 2.75) is 19.3 Å². The summed E-state index contributed by atoms with van der Waals surface area (Å²) in [5, 5.41) is 0. The molecule has 104 valence electrons. The highest BCUT2D eigenvalue weighted by Gasteiger charge is 2.20. The van der Waals surface area contributed by atoms with Gasteiger partial charge < -0.3 is 4.90 Å². The second-order valence-electron chi connectivity index (χ2n) is 5.32. The molecule has 1 aromatic heterocycles. The standard InChI is InChI=1S/C16H18IN3/c17-15-11-18-16(19-12-15)20-8-6-14(7-9-20)10-13-4-2-1-3-5-13/h1-5,11-12,14H,6-10H2. The van der Waals surface area contributed by atoms with E-state index in [1.54, 1.807) is 0 Å². The summed E-state index contributed by atoms with van der Waals surface area (Å²) in [6.45, 7) is 2.14. The Kier molecular flexibility index (Phi) is 4.50. The van der Waals surface area contributed by atoms with Gasteiger partial charge in [0.2, 0.25) is 5.95 Å². The van der Waals surface area contributed by atoms with Crippen molar-refractivity contribution < 1.29 is 0 Å². The summed E-state index contributed by atoms with van der Waals surface area (Å²) in [6.07, 6.45) is 7.43. The van der Waals surface area contributed by atoms with Crippen molar-refractivity contribution in [1.82, 2.24) is 9.97 Å². The zero-order valence-corrected chi connectivity index (χ0v) is 13.5. The lowest BCUT2D eigenvalue weighted by Crippen LogP contribution is -2.35. The average molecular weight is 379 g/mol. The van der Waals surface area contributed by atoms with Gasteiger partial charge >= 0.3 is 0 Å². The van der Waals surface area contributed by atoms with Crippen LogP contribution < -0.4 is 4.90 Å². The zero-order valence-electron chi connectivity index (χ0n) is 11.4. The minimum Gasteiger partial charge on any atom is -0.341 e. The molecule has 1 fully saturated rings. The van der Waals surface area contributed by atoms with Crippen LogP contribution in [0.2, 0.25) is 0 Å². The first-order valence-electron chi connectivity index (χ1n) is 7.07. The molecule has 3 rings (SSSR count). The first-order chi connectivity index (χ1) is 9.81. The minimum absolute atomic E-state index is 0.789. The van der Waals surface area contributed by atoms with Gasteiger partial charge in [-0.2, -0.15) is 0 Å². The number of benzene rings is 1. The highest BCUT2D eigenvalue weighted by Crippen LogP contribution is 2.23. The monoisotopic (exact) mass is 379 g/mol. The number of aromatic nitrogens is 2. The third-order valence-corrected chi connectivity index (χ3v) is 4.43. The van der Waals surface area contributed by atoms with Gasteiger partial charge in [0.05, 0.1) is 0 Å². The molecule has 0 atom stereocenters. The highest BCUT2D eigenvalue weighted by molar-refractivity contribution is 14.1. The van der Waals surface area contributed by atoms with Gasteiger partial charge in [-0.15, -0.1) is 0 Å². The summed E-state index contributed by atoms with van der Waals surface area (Å²) in [5.74, 6) is 1.67. The Hall–Kier alpha value is -1.17. The summed E-state index contributed by atoms with van der Waals surface area (Å²) in [4.78, 5) is 11.1. The van der Waals surface area contributed by atoms with Crippen molar-refractivity contribution in [1.29, 1.82) is 0 Å². The van der Waals surface area contributed by atoms with Gasteiger partial charge in [0, 0.05) is 29.1 Å². The maximum atomic E-state index is 4.42. The van der Waals surface area contributed by atoms with Crippen molar-refractivity contribution in [3.63, 3.8) is 0 Å². The molecule has 2 heterocycles. The van der Waals surface area contributed by atoms with Crippen molar-refractivity contribution in [2.75, 3.05) is 18.0 Å². The van der Waals surface area contributed by atoms with Gasteiger partial charge in [0.25, 0.3) is 0 Å². The Morgan fingerprint density at radius 3 is 2.35 bits per heavy atom. The molecule has 3 nitrogen and oxygen atoms in total. The van der Waals surface area contributed by atoms with Gasteiger partial charge in [-0.1, -0.05) is 30.3 Å². The number of halogens is 1. The maximum absolute atomic E-state index is 4.42. The third-order valence-electron chi connectivity index (χ3n) is 3.87. The Balaban J connectivity index is 1.55. The molecule has 1 saturated heterocycles. The number of piperidine rings is 1. The smallest absolute Gasteiger partial charge is 0.225 e. The van der Waals surface area contributed by atoms with E-state index in [-0.39, 0.29) is 0 Å². The van der Waals surface area contributed by atoms with E-state index in [1.165, 1.54) is 24.8 Å². The number of hydrogen-bond acceptors (Lipinski definition) is 3. The highest BCUT2D eigenvalue weighted by atomic mass is 127. The first-order valence-corrected chi connectivity index (χ1v) is 8.15. The van der Waals surface area contributed by atoms with Crippen molar-refractivity contribution in [3.8, 4) is 0 Å². The fourth-order valence-corrected chi connectivity index (χ4v) is 3.03. The maximum Gasteiger partial charge on any atom is 0.225 e. The molecule has 0 N–H and O–H groups in total. The summed E-state index contributed by atoms with van der Waals surface area (Å²) in [5.41, 5.74) is 1.46. The van der Waals surface area contributed by atoms with Crippen LogP contribution in [0.3, 0.4) is 0 Å². The van der Waals surface area contributed by atoms with Crippen LogP contribution in [0.1, 0.15) is 18.4 Å². The lowest BCUT2D eigenvalue weighted by atomic mass is 9.90. The SMILES string of the molecule is Ic1cnc(N2CCC(Cc3ccccc3)CC2)nc1. The van der Waals surface area contributed by atoms with E-state index in [2.05, 4.69) is 67.8 Å². The number of hydrogen-bond donors (Lipinski definition) is 0. The second kappa shape index (κ2) is 6.52. The van der Waals surface area contributed by atoms with Crippen molar-refractivity contribution >= 4 is 28.5 Å². The molecule has 1 aliphatic rings. The molecule has 1 aromatic carbocycles. The fourth-order valence-electron chi connectivity index (χ4n) is 2.75. The third kappa shape index (κ3) is 3.48. The topological polar surface area (TPSA) is 29.0 Å². The Morgan fingerprint density at radius 1 is 1.05 bits per heavy atom. The molecule has 0 spiro atoms. The predicted molar refractivity (Wildman–Crippen MR) is 89.8 cm³/mol. The van der Waals surface area contributed by atoms with Crippen LogP contribution in [0.4, 0.5) is 5.95 Å². The molecule has 4 heteroatoms. The quantitative estimate of drug-likeness (QED) is 0.764. The largest absolute Gasteiger partial charge is 0.341 e. The van der Waals surface area contributed by atoms with E-state index in [9.17, 15) is 0 Å². The van der Waals surface area contributed by atoms with Crippen LogP contribution in [-0.2, 0) is 6.42 Å². The average Bonchev–Trinajstić information content (AvgIpc) is 2.50. The van der Waals surface area contributed by atoms with Crippen LogP contribution in [-0.4, -0.2) is 23.1 Å². The Labute approximate surface area is 133 Å².